The van der Waals surface area contributed by atoms with Crippen molar-refractivity contribution in [3.8, 4) is 0 Å². The van der Waals surface area contributed by atoms with E-state index in [-0.39, 0.29) is 0 Å². The molecule has 0 heterocycles. The number of hydrogen-bond acceptors (Lipinski definition) is 2. The van der Waals surface area contributed by atoms with Crippen LogP contribution in [0.1, 0.15) is 0 Å². The Balaban J connectivity index is 2.54. The van der Waals surface area contributed by atoms with Crippen LogP contribution in [0.5, 0.6) is 0 Å². The standard InChI is InChI=1S/C2H7N2.Na/c3-1-2-4;/h1H,2-4H2;. The van der Waals surface area contributed by atoms with Crippen LogP contribution in [0.25, 0.3) is 0 Å². The van der Waals surface area contributed by atoms with Gasteiger partial charge in [-0.05, 0) is 0 Å². The maximum atomic E-state index is 5.23. The Kier molecular flexibility index (Phi) is 3.70. The Morgan fingerprint density at radius 2 is 2.00 bits per heavy atom. The summed E-state index contributed by atoms with van der Waals surface area (Å²) in [5.74, 6) is 0. The van der Waals surface area contributed by atoms with Gasteiger partial charge >= 0.3 is 49.2 Å². The van der Waals surface area contributed by atoms with Gasteiger partial charge in [0.15, 0.2) is 0 Å². The van der Waals surface area contributed by atoms with Gasteiger partial charge in [0.2, 0.25) is 0 Å². The van der Waals surface area contributed by atoms with Crippen molar-refractivity contribution in [2.75, 3.05) is 6.54 Å². The Labute approximate surface area is 49.3 Å². The molecular formula is C2H7N2Na. The molecule has 0 aliphatic heterocycles. The molecule has 0 aliphatic rings. The molecule has 0 amide bonds. The van der Waals surface area contributed by atoms with Crippen LogP contribution < -0.4 is 11.5 Å². The fourth-order valence-corrected chi connectivity index (χ4v) is 0. The van der Waals surface area contributed by atoms with Gasteiger partial charge in [-0.15, -0.1) is 0 Å². The molecule has 0 saturated carbocycles. The molecule has 0 saturated heterocycles. The minimum absolute atomic E-state index is 0.301. The van der Waals surface area contributed by atoms with E-state index in [9.17, 15) is 0 Å². The van der Waals surface area contributed by atoms with Crippen LogP contribution in [0.2, 0.25) is 0 Å². The Morgan fingerprint density at radius 3 is 2.00 bits per heavy atom. The first kappa shape index (κ1) is 5.92. The van der Waals surface area contributed by atoms with Gasteiger partial charge in [-0.3, -0.25) is 0 Å². The molecule has 0 rings (SSSR count). The van der Waals surface area contributed by atoms with Crippen LogP contribution >= 0.6 is 0 Å². The van der Waals surface area contributed by atoms with E-state index in [0.29, 0.717) is 9.84 Å². The molecule has 0 spiro atoms. The average Bonchev–Trinajstić information content (AvgIpc) is 1.38. The zero-order valence-electron chi connectivity index (χ0n) is 3.44. The molecule has 3 heteroatoms. The van der Waals surface area contributed by atoms with Gasteiger partial charge in [-0.1, -0.05) is 0 Å². The van der Waals surface area contributed by atoms with E-state index in [4.69, 9.17) is 11.5 Å². The number of nitrogens with two attached hydrogens (primary N) is 2. The summed E-state index contributed by atoms with van der Waals surface area (Å²) in [6.45, 7) is 0.645. The number of rotatable bonds is 1. The van der Waals surface area contributed by atoms with Gasteiger partial charge in [0.05, 0.1) is 0 Å². The first-order valence-corrected chi connectivity index (χ1v) is 2.88. The van der Waals surface area contributed by atoms with Crippen LogP contribution in [0.15, 0.2) is 0 Å². The van der Waals surface area contributed by atoms with Crippen LogP contribution in [-0.4, -0.2) is 37.8 Å². The second-order valence-electron chi connectivity index (χ2n) is 1.21. The van der Waals surface area contributed by atoms with Crippen molar-refractivity contribution in [1.29, 1.82) is 0 Å². The summed E-state index contributed by atoms with van der Waals surface area (Å²) in [4.78, 5) is 0. The van der Waals surface area contributed by atoms with Crippen molar-refractivity contribution in [1.82, 2.24) is 0 Å². The second-order valence-corrected chi connectivity index (χ2v) is 2.70. The summed E-state index contributed by atoms with van der Waals surface area (Å²) in [7, 11) is 0. The monoisotopic (exact) mass is 82.1 g/mol. The van der Waals surface area contributed by atoms with Gasteiger partial charge in [0.25, 0.3) is 0 Å². The molecule has 1 unspecified atom stereocenters. The summed E-state index contributed by atoms with van der Waals surface area (Å²) in [6, 6.07) is 0. The molecule has 1 atom stereocenters. The van der Waals surface area contributed by atoms with Gasteiger partial charge in [-0.2, -0.15) is 0 Å². The van der Waals surface area contributed by atoms with E-state index < -0.39 is 0 Å². The molecule has 0 fully saturated rings. The third kappa shape index (κ3) is 4.92. The molecule has 0 aromatic rings. The van der Waals surface area contributed by atoms with Gasteiger partial charge in [0, 0.05) is 0 Å². The number of hydrogen-bond donors (Lipinski definition) is 2. The molecule has 5 heavy (non-hydrogen) atoms. The van der Waals surface area contributed by atoms with Crippen molar-refractivity contribution >= 4 is 27.9 Å². The Bertz CT molecular complexity index is 21.6. The van der Waals surface area contributed by atoms with Crippen LogP contribution in [0, 0.1) is 0 Å². The summed E-state index contributed by atoms with van der Waals surface area (Å²) in [5.41, 5.74) is 10.3. The molecule has 0 radical (unpaired) electrons. The zero-order valence-corrected chi connectivity index (χ0v) is 5.44. The fraction of sp³-hybridized carbons (Fsp3) is 1.00. The zero-order chi connectivity index (χ0) is 4.28. The summed E-state index contributed by atoms with van der Waals surface area (Å²) < 4.78 is 0.301. The topological polar surface area (TPSA) is 52.0 Å². The molecule has 4 N–H and O–H groups in total. The summed E-state index contributed by atoms with van der Waals surface area (Å²) in [6.07, 6.45) is 0. The maximum absolute atomic E-state index is 5.23. The van der Waals surface area contributed by atoms with E-state index >= 15 is 0 Å². The van der Waals surface area contributed by atoms with E-state index in [1.165, 1.54) is 0 Å². The van der Waals surface area contributed by atoms with Gasteiger partial charge in [-0.25, -0.2) is 0 Å². The van der Waals surface area contributed by atoms with E-state index in [2.05, 4.69) is 0 Å². The second kappa shape index (κ2) is 3.12. The molecule has 0 bridgehead atoms. The fourth-order valence-electron chi connectivity index (χ4n) is 0. The third-order valence-electron chi connectivity index (χ3n) is 0.372. The van der Waals surface area contributed by atoms with Crippen LogP contribution in [0.4, 0.5) is 0 Å². The molecule has 0 aromatic carbocycles. The van der Waals surface area contributed by atoms with Crippen LogP contribution in [-0.2, 0) is 0 Å². The summed E-state index contributed by atoms with van der Waals surface area (Å²) in [5, 5.41) is 0. The van der Waals surface area contributed by atoms with Gasteiger partial charge in [0.1, 0.15) is 0 Å². The Hall–Kier alpha value is 0.920. The van der Waals surface area contributed by atoms with Crippen molar-refractivity contribution in [3.63, 3.8) is 0 Å². The average molecular weight is 82.1 g/mol. The molecule has 0 aromatic heterocycles. The third-order valence-corrected chi connectivity index (χ3v) is 0.843. The molecule has 2 nitrogen and oxygen atoms in total. The normalized spacial score (nSPS) is 15.2. The first-order chi connectivity index (χ1) is 2.27. The Morgan fingerprint density at radius 1 is 1.80 bits per heavy atom. The minimum atomic E-state index is 0.301. The first-order valence-electron chi connectivity index (χ1n) is 1.73. The van der Waals surface area contributed by atoms with Crippen molar-refractivity contribution in [2.45, 2.75) is 3.29 Å². The van der Waals surface area contributed by atoms with Crippen molar-refractivity contribution in [3.05, 3.63) is 0 Å². The van der Waals surface area contributed by atoms with E-state index in [0.717, 1.165) is 27.9 Å². The van der Waals surface area contributed by atoms with Crippen molar-refractivity contribution in [2.24, 2.45) is 11.5 Å². The van der Waals surface area contributed by atoms with Crippen molar-refractivity contribution < 1.29 is 0 Å². The van der Waals surface area contributed by atoms with E-state index in [1.807, 2.05) is 0 Å². The predicted molar refractivity (Wildman–Crippen MR) is 22.8 cm³/mol. The molecular weight excluding hydrogens is 75.0 g/mol. The van der Waals surface area contributed by atoms with E-state index in [1.54, 1.807) is 0 Å². The molecule has 26 valence electrons. The predicted octanol–water partition coefficient (Wildman–Crippen LogP) is -1.60. The quantitative estimate of drug-likeness (QED) is 0.374. The van der Waals surface area contributed by atoms with Crippen LogP contribution in [0.3, 0.4) is 0 Å². The summed E-state index contributed by atoms with van der Waals surface area (Å²) >= 11 is 1.02. The van der Waals surface area contributed by atoms with Gasteiger partial charge < -0.3 is 0 Å². The SMILES string of the molecule is NC[CH](N)[Na]. The molecule has 0 aliphatic carbocycles.